The van der Waals surface area contributed by atoms with Crippen molar-refractivity contribution >= 4 is 0 Å². The summed E-state index contributed by atoms with van der Waals surface area (Å²) in [6, 6.07) is 10.6. The van der Waals surface area contributed by atoms with Crippen molar-refractivity contribution in [1.82, 2.24) is 0 Å². The molecular formula is C12H17O. The lowest BCUT2D eigenvalue weighted by Gasteiger charge is -2.00. The van der Waals surface area contributed by atoms with Crippen LogP contribution in [0.4, 0.5) is 0 Å². The molecule has 0 fully saturated rings. The second-order valence-electron chi connectivity index (χ2n) is 3.20. The fourth-order valence-electron chi connectivity index (χ4n) is 1.35. The highest BCUT2D eigenvalue weighted by Gasteiger charge is 1.91. The number of ether oxygens (including phenoxy) is 1. The summed E-state index contributed by atoms with van der Waals surface area (Å²) in [6.07, 6.45) is 4.77. The third kappa shape index (κ3) is 4.69. The molecule has 0 amide bonds. The van der Waals surface area contributed by atoms with Crippen LogP contribution in [-0.4, -0.2) is 6.61 Å². The van der Waals surface area contributed by atoms with E-state index in [-0.39, 0.29) is 0 Å². The zero-order valence-corrected chi connectivity index (χ0v) is 8.04. The lowest BCUT2D eigenvalue weighted by Crippen LogP contribution is -1.89. The van der Waals surface area contributed by atoms with Gasteiger partial charge >= 0.3 is 0 Å². The molecule has 0 spiro atoms. The van der Waals surface area contributed by atoms with Gasteiger partial charge in [-0.25, -0.2) is 0 Å². The molecule has 1 heteroatoms. The maximum atomic E-state index is 4.74. The van der Waals surface area contributed by atoms with E-state index < -0.39 is 0 Å². The van der Waals surface area contributed by atoms with Gasteiger partial charge in [0.25, 0.3) is 0 Å². The summed E-state index contributed by atoms with van der Waals surface area (Å²) in [6.45, 7) is 0.786. The predicted molar refractivity (Wildman–Crippen MR) is 55.3 cm³/mol. The van der Waals surface area contributed by atoms with Crippen LogP contribution < -0.4 is 0 Å². The quantitative estimate of drug-likeness (QED) is 0.606. The molecule has 0 bridgehead atoms. The van der Waals surface area contributed by atoms with Gasteiger partial charge in [-0.15, -0.1) is 0 Å². The first-order chi connectivity index (χ1) is 6.43. The average Bonchev–Trinajstić information content (AvgIpc) is 2.19. The van der Waals surface area contributed by atoms with Crippen molar-refractivity contribution in [1.29, 1.82) is 0 Å². The summed E-state index contributed by atoms with van der Waals surface area (Å²) in [5.74, 6) is 0. The standard InChI is InChI=1S/C12H17O/c1-13-11-7-3-6-10-12-8-4-2-5-9-12/h2,4-5,8-9H,1,3,6-7,10-11H2. The molecular weight excluding hydrogens is 160 g/mol. The molecule has 1 nitrogen and oxygen atoms in total. The van der Waals surface area contributed by atoms with Crippen molar-refractivity contribution < 1.29 is 4.74 Å². The van der Waals surface area contributed by atoms with Gasteiger partial charge in [0, 0.05) is 6.61 Å². The molecule has 0 atom stereocenters. The second-order valence-corrected chi connectivity index (χ2v) is 3.20. The third-order valence-electron chi connectivity index (χ3n) is 2.10. The molecule has 0 aliphatic rings. The molecule has 0 aliphatic heterocycles. The van der Waals surface area contributed by atoms with Crippen molar-refractivity contribution in [2.75, 3.05) is 6.61 Å². The van der Waals surface area contributed by atoms with Gasteiger partial charge in [0.05, 0.1) is 7.11 Å². The Morgan fingerprint density at radius 2 is 1.77 bits per heavy atom. The van der Waals surface area contributed by atoms with Crippen LogP contribution in [0.2, 0.25) is 0 Å². The fourth-order valence-corrected chi connectivity index (χ4v) is 1.35. The first kappa shape index (κ1) is 10.3. The summed E-state index contributed by atoms with van der Waals surface area (Å²) in [4.78, 5) is 0. The maximum Gasteiger partial charge on any atom is 0.0700 e. The Balaban J connectivity index is 2.07. The van der Waals surface area contributed by atoms with Gasteiger partial charge in [-0.2, -0.15) is 0 Å². The molecule has 71 valence electrons. The molecule has 0 aliphatic carbocycles. The van der Waals surface area contributed by atoms with Gasteiger partial charge in [0.15, 0.2) is 0 Å². The summed E-state index contributed by atoms with van der Waals surface area (Å²) in [5, 5.41) is 0. The molecule has 0 heterocycles. The maximum absolute atomic E-state index is 4.74. The highest BCUT2D eigenvalue weighted by molar-refractivity contribution is 5.14. The monoisotopic (exact) mass is 177 g/mol. The SMILES string of the molecule is [CH2]OCCCCCc1ccccc1. The summed E-state index contributed by atoms with van der Waals surface area (Å²) >= 11 is 0. The number of benzene rings is 1. The van der Waals surface area contributed by atoms with E-state index in [1.807, 2.05) is 0 Å². The molecule has 0 saturated carbocycles. The van der Waals surface area contributed by atoms with Crippen molar-refractivity contribution in [3.05, 3.63) is 43.0 Å². The number of aryl methyl sites for hydroxylation is 1. The Hall–Kier alpha value is -0.820. The first-order valence-corrected chi connectivity index (χ1v) is 4.84. The van der Waals surface area contributed by atoms with Gasteiger partial charge < -0.3 is 4.74 Å². The lowest BCUT2D eigenvalue weighted by atomic mass is 10.1. The van der Waals surface area contributed by atoms with Crippen LogP contribution in [0.15, 0.2) is 30.3 Å². The van der Waals surface area contributed by atoms with E-state index in [1.165, 1.54) is 24.8 Å². The minimum atomic E-state index is 0.786. The molecule has 0 unspecified atom stereocenters. The Morgan fingerprint density at radius 1 is 1.00 bits per heavy atom. The van der Waals surface area contributed by atoms with E-state index in [2.05, 4.69) is 37.4 Å². The zero-order valence-electron chi connectivity index (χ0n) is 8.04. The van der Waals surface area contributed by atoms with Gasteiger partial charge in [0.1, 0.15) is 0 Å². The van der Waals surface area contributed by atoms with E-state index in [0.717, 1.165) is 13.0 Å². The zero-order chi connectivity index (χ0) is 9.36. The number of rotatable bonds is 6. The number of unbranched alkanes of at least 4 members (excludes halogenated alkanes) is 2. The van der Waals surface area contributed by atoms with E-state index >= 15 is 0 Å². The van der Waals surface area contributed by atoms with Crippen LogP contribution in [-0.2, 0) is 11.2 Å². The van der Waals surface area contributed by atoms with Gasteiger partial charge in [-0.3, -0.25) is 0 Å². The molecule has 1 radical (unpaired) electrons. The Kier molecular flexibility index (Phi) is 5.27. The van der Waals surface area contributed by atoms with Crippen LogP contribution in [0, 0.1) is 7.11 Å². The Labute approximate surface area is 80.7 Å². The highest BCUT2D eigenvalue weighted by Crippen LogP contribution is 2.05. The van der Waals surface area contributed by atoms with Crippen molar-refractivity contribution in [2.45, 2.75) is 25.7 Å². The Bertz CT molecular complexity index is 206. The minimum absolute atomic E-state index is 0.786. The topological polar surface area (TPSA) is 9.23 Å². The van der Waals surface area contributed by atoms with Gasteiger partial charge in [-0.05, 0) is 24.8 Å². The lowest BCUT2D eigenvalue weighted by molar-refractivity contribution is 0.234. The van der Waals surface area contributed by atoms with Crippen LogP contribution in [0.25, 0.3) is 0 Å². The highest BCUT2D eigenvalue weighted by atomic mass is 16.5. The normalized spacial score (nSPS) is 10.2. The van der Waals surface area contributed by atoms with Crippen molar-refractivity contribution in [3.8, 4) is 0 Å². The van der Waals surface area contributed by atoms with Crippen molar-refractivity contribution in [2.24, 2.45) is 0 Å². The summed E-state index contributed by atoms with van der Waals surface area (Å²) in [5.41, 5.74) is 1.43. The minimum Gasteiger partial charge on any atom is -0.379 e. The van der Waals surface area contributed by atoms with Crippen LogP contribution in [0.3, 0.4) is 0 Å². The van der Waals surface area contributed by atoms with Crippen LogP contribution in [0.5, 0.6) is 0 Å². The molecule has 0 saturated heterocycles. The molecule has 1 aromatic carbocycles. The van der Waals surface area contributed by atoms with Crippen molar-refractivity contribution in [3.63, 3.8) is 0 Å². The van der Waals surface area contributed by atoms with E-state index in [1.54, 1.807) is 0 Å². The van der Waals surface area contributed by atoms with Crippen LogP contribution in [0.1, 0.15) is 24.8 Å². The van der Waals surface area contributed by atoms with Gasteiger partial charge in [-0.1, -0.05) is 36.8 Å². The number of hydrogen-bond acceptors (Lipinski definition) is 1. The molecule has 1 rings (SSSR count). The summed E-state index contributed by atoms with van der Waals surface area (Å²) < 4.78 is 4.74. The van der Waals surface area contributed by atoms with Gasteiger partial charge in [0.2, 0.25) is 0 Å². The number of hydrogen-bond donors (Lipinski definition) is 0. The van der Waals surface area contributed by atoms with E-state index in [9.17, 15) is 0 Å². The largest absolute Gasteiger partial charge is 0.379 e. The van der Waals surface area contributed by atoms with Crippen LogP contribution >= 0.6 is 0 Å². The smallest absolute Gasteiger partial charge is 0.0700 e. The second kappa shape index (κ2) is 6.67. The Morgan fingerprint density at radius 3 is 2.46 bits per heavy atom. The molecule has 0 N–H and O–H groups in total. The molecule has 1 aromatic rings. The molecule has 13 heavy (non-hydrogen) atoms. The predicted octanol–water partition coefficient (Wildman–Crippen LogP) is 3.21. The van der Waals surface area contributed by atoms with E-state index in [0.29, 0.717) is 0 Å². The van der Waals surface area contributed by atoms with E-state index in [4.69, 9.17) is 4.74 Å². The fraction of sp³-hybridized carbons (Fsp3) is 0.417. The molecule has 0 aromatic heterocycles. The third-order valence-corrected chi connectivity index (χ3v) is 2.10. The first-order valence-electron chi connectivity index (χ1n) is 4.84. The summed E-state index contributed by atoms with van der Waals surface area (Å²) in [7, 11) is 3.34. The average molecular weight is 177 g/mol.